The number of thiophene rings is 1. The number of fused-ring (bicyclic) bond motifs is 1. The van der Waals surface area contributed by atoms with Crippen LogP contribution in [-0.2, 0) is 5.75 Å². The summed E-state index contributed by atoms with van der Waals surface area (Å²) in [7, 11) is 0. The van der Waals surface area contributed by atoms with Crippen LogP contribution in [0.15, 0.2) is 62.5 Å². The number of hydrogen-bond acceptors (Lipinski definition) is 7. The molecular weight excluding hydrogens is 418 g/mol. The van der Waals surface area contributed by atoms with Crippen LogP contribution in [-0.4, -0.2) is 24.5 Å². The first-order valence-corrected chi connectivity index (χ1v) is 11.1. The van der Waals surface area contributed by atoms with Gasteiger partial charge in [0, 0.05) is 11.4 Å². The number of aromatic nitrogens is 5. The molecule has 0 saturated carbocycles. The number of rotatable bonds is 5. The predicted octanol–water partition coefficient (Wildman–Crippen LogP) is 4.73. The quantitative estimate of drug-likeness (QED) is 0.401. The Hall–Kier alpha value is -3.17. The van der Waals surface area contributed by atoms with Crippen molar-refractivity contribution in [3.63, 3.8) is 0 Å². The number of aryl methyl sites for hydroxylation is 2. The minimum Gasteiger partial charge on any atom is -0.440 e. The fourth-order valence-corrected chi connectivity index (χ4v) is 4.77. The van der Waals surface area contributed by atoms with E-state index in [1.165, 1.54) is 18.1 Å². The van der Waals surface area contributed by atoms with Crippen LogP contribution in [0.3, 0.4) is 0 Å². The number of nitrogens with zero attached hydrogens (tertiary/aromatic N) is 4. The molecule has 150 valence electrons. The molecule has 0 saturated heterocycles. The van der Waals surface area contributed by atoms with Crippen molar-refractivity contribution in [2.75, 3.05) is 0 Å². The largest absolute Gasteiger partial charge is 0.440 e. The van der Waals surface area contributed by atoms with Crippen LogP contribution in [0.1, 0.15) is 17.0 Å². The van der Waals surface area contributed by atoms with Crippen molar-refractivity contribution >= 4 is 34.3 Å². The highest BCUT2D eigenvalue weighted by Gasteiger charge is 2.19. The first-order valence-electron chi connectivity index (χ1n) is 9.26. The number of oxazole rings is 1. The molecule has 0 unspecified atom stereocenters. The van der Waals surface area contributed by atoms with Gasteiger partial charge in [-0.3, -0.25) is 9.36 Å². The van der Waals surface area contributed by atoms with Crippen LogP contribution in [0.25, 0.3) is 27.6 Å². The van der Waals surface area contributed by atoms with Gasteiger partial charge in [-0.15, -0.1) is 11.3 Å². The summed E-state index contributed by atoms with van der Waals surface area (Å²) in [5.41, 5.74) is 3.50. The molecule has 4 heterocycles. The van der Waals surface area contributed by atoms with E-state index in [9.17, 15) is 4.79 Å². The van der Waals surface area contributed by atoms with Crippen molar-refractivity contribution < 1.29 is 4.42 Å². The van der Waals surface area contributed by atoms with E-state index in [4.69, 9.17) is 4.42 Å². The van der Waals surface area contributed by atoms with Gasteiger partial charge in [0.25, 0.3) is 5.56 Å². The minimum absolute atomic E-state index is 0.259. The maximum Gasteiger partial charge on any atom is 0.278 e. The van der Waals surface area contributed by atoms with Crippen molar-refractivity contribution in [2.24, 2.45) is 0 Å². The van der Waals surface area contributed by atoms with Crippen molar-refractivity contribution in [3.05, 3.63) is 75.5 Å². The Balaban J connectivity index is 1.53. The molecule has 0 atom stereocenters. The molecular formula is C21H17N5O2S2. The summed E-state index contributed by atoms with van der Waals surface area (Å²) in [5.74, 6) is 1.97. The Morgan fingerprint density at radius 1 is 1.17 bits per heavy atom. The second kappa shape index (κ2) is 7.58. The molecule has 0 radical (unpaired) electrons. The zero-order valence-electron chi connectivity index (χ0n) is 16.2. The molecule has 7 nitrogen and oxygen atoms in total. The summed E-state index contributed by atoms with van der Waals surface area (Å²) in [5, 5.41) is 2.68. The lowest BCUT2D eigenvalue weighted by Crippen LogP contribution is -2.07. The van der Waals surface area contributed by atoms with Gasteiger partial charge in [0.2, 0.25) is 5.89 Å². The van der Waals surface area contributed by atoms with E-state index < -0.39 is 0 Å². The second-order valence-corrected chi connectivity index (χ2v) is 8.65. The molecule has 9 heteroatoms. The Kier molecular flexibility index (Phi) is 4.76. The van der Waals surface area contributed by atoms with Gasteiger partial charge in [-0.05, 0) is 37.4 Å². The molecule has 5 aromatic rings. The average Bonchev–Trinajstić information content (AvgIpc) is 3.46. The van der Waals surface area contributed by atoms with Crippen LogP contribution < -0.4 is 5.56 Å². The number of hydrogen-bond donors (Lipinski definition) is 1. The molecule has 0 aliphatic heterocycles. The van der Waals surface area contributed by atoms with Gasteiger partial charge in [0.05, 0.1) is 16.9 Å². The standard InChI is InChI=1S/C21H17N5O2S2/c1-12-5-7-14(8-6-12)26-18-17(19(27)23-11-22-18)25-21(26)30-10-15-13(2)28-20(24-15)16-4-3-9-29-16/h3-9,11H,10H2,1-2H3,(H,22,23,27). The van der Waals surface area contributed by atoms with Gasteiger partial charge in [0.1, 0.15) is 5.76 Å². The molecule has 0 aliphatic carbocycles. The van der Waals surface area contributed by atoms with Crippen molar-refractivity contribution in [3.8, 4) is 16.5 Å². The number of nitrogens with one attached hydrogen (secondary N) is 1. The fraction of sp³-hybridized carbons (Fsp3) is 0.143. The fourth-order valence-electron chi connectivity index (χ4n) is 3.11. The van der Waals surface area contributed by atoms with Gasteiger partial charge in [-0.25, -0.2) is 15.0 Å². The first-order chi connectivity index (χ1) is 14.6. The summed E-state index contributed by atoms with van der Waals surface area (Å²) in [4.78, 5) is 29.5. The molecule has 0 fully saturated rings. The summed E-state index contributed by atoms with van der Waals surface area (Å²) < 4.78 is 7.75. The van der Waals surface area contributed by atoms with Crippen LogP contribution in [0.2, 0.25) is 0 Å². The van der Waals surface area contributed by atoms with Gasteiger partial charge in [0.15, 0.2) is 16.3 Å². The number of imidazole rings is 1. The lowest BCUT2D eigenvalue weighted by atomic mass is 10.2. The third kappa shape index (κ3) is 3.35. The third-order valence-corrected chi connectivity index (χ3v) is 6.48. The molecule has 0 spiro atoms. The van der Waals surface area contributed by atoms with E-state index in [1.807, 2.05) is 60.2 Å². The summed E-state index contributed by atoms with van der Waals surface area (Å²) in [6, 6.07) is 12.0. The van der Waals surface area contributed by atoms with Gasteiger partial charge in [-0.1, -0.05) is 35.5 Å². The zero-order chi connectivity index (χ0) is 20.7. The van der Waals surface area contributed by atoms with Gasteiger partial charge in [-0.2, -0.15) is 0 Å². The molecule has 5 rings (SSSR count). The zero-order valence-corrected chi connectivity index (χ0v) is 17.9. The number of thioether (sulfide) groups is 1. The van der Waals surface area contributed by atoms with Crippen molar-refractivity contribution in [1.29, 1.82) is 0 Å². The summed E-state index contributed by atoms with van der Waals surface area (Å²) in [6.45, 7) is 3.95. The lowest BCUT2D eigenvalue weighted by molar-refractivity contribution is 0.542. The molecule has 4 aromatic heterocycles. The van der Waals surface area contributed by atoms with Crippen LogP contribution in [0.4, 0.5) is 0 Å². The Labute approximate surface area is 179 Å². The Morgan fingerprint density at radius 3 is 2.77 bits per heavy atom. The van der Waals surface area contributed by atoms with E-state index in [0.717, 1.165) is 27.6 Å². The highest BCUT2D eigenvalue weighted by molar-refractivity contribution is 7.98. The van der Waals surface area contributed by atoms with Gasteiger partial charge >= 0.3 is 0 Å². The van der Waals surface area contributed by atoms with Crippen LogP contribution in [0.5, 0.6) is 0 Å². The minimum atomic E-state index is -0.259. The Bertz CT molecular complexity index is 1380. The smallest absolute Gasteiger partial charge is 0.278 e. The Morgan fingerprint density at radius 2 is 2.00 bits per heavy atom. The maximum absolute atomic E-state index is 12.3. The summed E-state index contributed by atoms with van der Waals surface area (Å²) in [6.07, 6.45) is 1.40. The number of H-pyrrole nitrogens is 1. The van der Waals surface area contributed by atoms with Crippen molar-refractivity contribution in [1.82, 2.24) is 24.5 Å². The molecule has 1 aromatic carbocycles. The molecule has 0 aliphatic rings. The topological polar surface area (TPSA) is 89.6 Å². The highest BCUT2D eigenvalue weighted by Crippen LogP contribution is 2.31. The molecule has 30 heavy (non-hydrogen) atoms. The average molecular weight is 436 g/mol. The monoisotopic (exact) mass is 435 g/mol. The number of aromatic amines is 1. The van der Waals surface area contributed by atoms with Gasteiger partial charge < -0.3 is 9.40 Å². The third-order valence-electron chi connectivity index (χ3n) is 4.67. The predicted molar refractivity (Wildman–Crippen MR) is 118 cm³/mol. The summed E-state index contributed by atoms with van der Waals surface area (Å²) >= 11 is 3.09. The van der Waals surface area contributed by atoms with E-state index in [-0.39, 0.29) is 5.56 Å². The van der Waals surface area contributed by atoms with Crippen molar-refractivity contribution in [2.45, 2.75) is 24.8 Å². The van der Waals surface area contributed by atoms with Crippen LogP contribution >= 0.6 is 23.1 Å². The van der Waals surface area contributed by atoms with Crippen LogP contribution in [0, 0.1) is 13.8 Å². The SMILES string of the molecule is Cc1ccc(-n2c(SCc3nc(-c4cccs4)oc3C)nc3c(=O)[nH]cnc32)cc1. The molecule has 1 N–H and O–H groups in total. The first kappa shape index (κ1) is 18.8. The normalized spacial score (nSPS) is 11.4. The van der Waals surface area contributed by atoms with E-state index in [0.29, 0.717) is 28.0 Å². The maximum atomic E-state index is 12.3. The van der Waals surface area contributed by atoms with E-state index in [2.05, 4.69) is 19.9 Å². The van der Waals surface area contributed by atoms with E-state index in [1.54, 1.807) is 11.3 Å². The molecule has 0 amide bonds. The highest BCUT2D eigenvalue weighted by atomic mass is 32.2. The lowest BCUT2D eigenvalue weighted by Gasteiger charge is -2.08. The molecule has 0 bridgehead atoms. The second-order valence-electron chi connectivity index (χ2n) is 6.76. The number of benzene rings is 1. The van der Waals surface area contributed by atoms with E-state index >= 15 is 0 Å².